The standard InChI is InChI=1S/C62H75BN2O/c1-36-30-48-52-49(31-36)65(47-34-44-42(32-37(47)2)58(8,9)24-26-60(44,12)13)54-46(23-22-41-51(54)62(16,17)29-28-57(41,6)7)63(52)55-53(64(48)39-20-18-38(19-21-39)56(3,4)5)40-33-43-45(35-50(40)66-55)61(14,15)27-25-59(43,10)11/h18-23,30-35H,24-29H2,1-17H3. The summed E-state index contributed by atoms with van der Waals surface area (Å²) in [6.07, 6.45) is 7.03. The van der Waals surface area contributed by atoms with Crippen molar-refractivity contribution in [2.45, 2.75) is 194 Å². The maximum absolute atomic E-state index is 7.65. The van der Waals surface area contributed by atoms with E-state index in [9.17, 15) is 0 Å². The van der Waals surface area contributed by atoms with Crippen LogP contribution in [0.5, 0.6) is 0 Å². The Bertz CT molecular complexity index is 3050. The average molecular weight is 875 g/mol. The highest BCUT2D eigenvalue weighted by Crippen LogP contribution is 2.57. The molecule has 5 aromatic carbocycles. The van der Waals surface area contributed by atoms with Crippen molar-refractivity contribution >= 4 is 68.4 Å². The van der Waals surface area contributed by atoms with E-state index in [-0.39, 0.29) is 44.6 Å². The van der Waals surface area contributed by atoms with Crippen LogP contribution in [-0.4, -0.2) is 6.71 Å². The van der Waals surface area contributed by atoms with E-state index in [0.717, 1.165) is 17.7 Å². The van der Waals surface area contributed by atoms with Gasteiger partial charge in [-0.25, -0.2) is 0 Å². The molecular weight excluding hydrogens is 800 g/mol. The molecule has 0 saturated carbocycles. The van der Waals surface area contributed by atoms with Crippen LogP contribution in [-0.2, 0) is 37.9 Å². The Balaban J connectivity index is 1.29. The fourth-order valence-corrected chi connectivity index (χ4v) is 13.5. The molecule has 0 radical (unpaired) electrons. The zero-order valence-corrected chi connectivity index (χ0v) is 43.6. The van der Waals surface area contributed by atoms with E-state index in [1.807, 2.05) is 0 Å². The Morgan fingerprint density at radius 1 is 0.500 bits per heavy atom. The van der Waals surface area contributed by atoms with Crippen LogP contribution in [0.3, 0.4) is 0 Å². The summed E-state index contributed by atoms with van der Waals surface area (Å²) >= 11 is 0. The first kappa shape index (κ1) is 43.8. The molecule has 3 nitrogen and oxygen atoms in total. The summed E-state index contributed by atoms with van der Waals surface area (Å²) in [5.74, 6) is 0. The molecule has 3 aliphatic carbocycles. The van der Waals surface area contributed by atoms with Crippen LogP contribution in [0.15, 0.2) is 77.2 Å². The van der Waals surface area contributed by atoms with E-state index >= 15 is 0 Å². The van der Waals surface area contributed by atoms with E-state index < -0.39 is 0 Å². The molecule has 0 saturated heterocycles. The van der Waals surface area contributed by atoms with Gasteiger partial charge in [-0.3, -0.25) is 0 Å². The van der Waals surface area contributed by atoms with Gasteiger partial charge in [0, 0.05) is 33.8 Å². The molecule has 0 atom stereocenters. The van der Waals surface area contributed by atoms with Gasteiger partial charge in [0.2, 0.25) is 0 Å². The molecule has 4 heteroatoms. The van der Waals surface area contributed by atoms with Gasteiger partial charge in [-0.2, -0.15) is 0 Å². The highest BCUT2D eigenvalue weighted by molar-refractivity contribution is 7.00. The van der Waals surface area contributed by atoms with Crippen molar-refractivity contribution < 1.29 is 4.42 Å². The second kappa shape index (κ2) is 13.5. The van der Waals surface area contributed by atoms with Crippen LogP contribution in [0, 0.1) is 13.8 Å². The van der Waals surface area contributed by atoms with Crippen LogP contribution in [0.2, 0.25) is 0 Å². The predicted molar refractivity (Wildman–Crippen MR) is 284 cm³/mol. The van der Waals surface area contributed by atoms with Crippen LogP contribution >= 0.6 is 0 Å². The molecule has 0 amide bonds. The smallest absolute Gasteiger partial charge is 0.297 e. The number of fused-ring (bicyclic) bond motifs is 10. The monoisotopic (exact) mass is 875 g/mol. The van der Waals surface area contributed by atoms with Gasteiger partial charge in [-0.1, -0.05) is 134 Å². The van der Waals surface area contributed by atoms with E-state index in [4.69, 9.17) is 4.42 Å². The van der Waals surface area contributed by atoms with Gasteiger partial charge in [0.25, 0.3) is 6.71 Å². The van der Waals surface area contributed by atoms with E-state index in [1.54, 1.807) is 0 Å². The molecule has 11 rings (SSSR count). The number of hydrogen-bond acceptors (Lipinski definition) is 3. The van der Waals surface area contributed by atoms with Crippen LogP contribution in [0.25, 0.3) is 11.0 Å². The van der Waals surface area contributed by atoms with Crippen molar-refractivity contribution in [3.05, 3.63) is 123 Å². The third-order valence-electron chi connectivity index (χ3n) is 18.1. The topological polar surface area (TPSA) is 19.6 Å². The van der Waals surface area contributed by atoms with Gasteiger partial charge in [-0.05, 0) is 194 Å². The Kier molecular flexibility index (Phi) is 8.97. The second-order valence-electron chi connectivity index (χ2n) is 26.7. The zero-order chi connectivity index (χ0) is 47.2. The average Bonchev–Trinajstić information content (AvgIpc) is 3.60. The molecule has 342 valence electrons. The van der Waals surface area contributed by atoms with Crippen molar-refractivity contribution in [1.29, 1.82) is 0 Å². The molecule has 0 unspecified atom stereocenters. The fraction of sp³-hybridized carbons (Fsp3) is 0.484. The van der Waals surface area contributed by atoms with E-state index in [2.05, 4.69) is 200 Å². The number of benzene rings is 5. The highest BCUT2D eigenvalue weighted by Gasteiger charge is 2.51. The van der Waals surface area contributed by atoms with Crippen LogP contribution < -0.4 is 26.4 Å². The maximum Gasteiger partial charge on any atom is 0.297 e. The number of anilines is 6. The Labute approximate surface area is 397 Å². The summed E-state index contributed by atoms with van der Waals surface area (Å²) in [5.41, 5.74) is 25.7. The molecule has 0 spiro atoms. The fourth-order valence-electron chi connectivity index (χ4n) is 13.5. The lowest BCUT2D eigenvalue weighted by atomic mass is 9.35. The third-order valence-corrected chi connectivity index (χ3v) is 18.1. The van der Waals surface area contributed by atoms with Crippen molar-refractivity contribution in [1.82, 2.24) is 0 Å². The van der Waals surface area contributed by atoms with E-state index in [1.165, 1.54) is 133 Å². The number of nitrogens with zero attached hydrogens (tertiary/aromatic N) is 2. The lowest BCUT2D eigenvalue weighted by Crippen LogP contribution is -2.61. The first-order chi connectivity index (χ1) is 30.6. The molecule has 0 fully saturated rings. The van der Waals surface area contributed by atoms with Crippen LogP contribution in [0.4, 0.5) is 34.1 Å². The van der Waals surface area contributed by atoms with Crippen molar-refractivity contribution in [2.75, 3.05) is 9.80 Å². The van der Waals surface area contributed by atoms with E-state index in [0.29, 0.717) is 0 Å². The molecule has 3 heterocycles. The van der Waals surface area contributed by atoms with Gasteiger partial charge < -0.3 is 14.2 Å². The van der Waals surface area contributed by atoms with Crippen LogP contribution in [0.1, 0.15) is 192 Å². The molecule has 66 heavy (non-hydrogen) atoms. The lowest BCUT2D eigenvalue weighted by Gasteiger charge is -2.49. The summed E-state index contributed by atoms with van der Waals surface area (Å²) in [6.45, 7) is 41.2. The normalized spacial score (nSPS) is 21.1. The maximum atomic E-state index is 7.65. The Hall–Kier alpha value is -4.70. The molecule has 5 aliphatic rings. The minimum atomic E-state index is -0.0909. The first-order valence-electron chi connectivity index (χ1n) is 25.4. The Morgan fingerprint density at radius 2 is 1.00 bits per heavy atom. The number of hydrogen-bond donors (Lipinski definition) is 0. The van der Waals surface area contributed by atoms with Gasteiger partial charge in [0.1, 0.15) is 5.58 Å². The van der Waals surface area contributed by atoms with Crippen molar-refractivity contribution in [2.24, 2.45) is 0 Å². The minimum absolute atomic E-state index is 0.0373. The predicted octanol–water partition coefficient (Wildman–Crippen LogP) is 15.5. The van der Waals surface area contributed by atoms with Crippen molar-refractivity contribution in [3.63, 3.8) is 0 Å². The molecule has 2 aliphatic heterocycles. The summed E-state index contributed by atoms with van der Waals surface area (Å²) in [4.78, 5) is 5.37. The quantitative estimate of drug-likeness (QED) is 0.161. The number of aryl methyl sites for hydroxylation is 2. The molecule has 1 aromatic heterocycles. The van der Waals surface area contributed by atoms with Gasteiger partial charge in [-0.15, -0.1) is 0 Å². The number of rotatable bonds is 2. The lowest BCUT2D eigenvalue weighted by molar-refractivity contribution is 0.331. The summed E-state index contributed by atoms with van der Waals surface area (Å²) in [6, 6.07) is 29.7. The Morgan fingerprint density at radius 3 is 1.58 bits per heavy atom. The zero-order valence-electron chi connectivity index (χ0n) is 43.6. The van der Waals surface area contributed by atoms with Gasteiger partial charge in [0.15, 0.2) is 0 Å². The summed E-state index contributed by atoms with van der Waals surface area (Å²) in [7, 11) is 0. The summed E-state index contributed by atoms with van der Waals surface area (Å²) in [5, 5.41) is 1.22. The molecular formula is C62H75BN2O. The minimum Gasteiger partial charge on any atom is -0.468 e. The molecule has 6 aromatic rings. The van der Waals surface area contributed by atoms with Gasteiger partial charge in [0.05, 0.1) is 11.3 Å². The third kappa shape index (κ3) is 6.13. The first-order valence-corrected chi connectivity index (χ1v) is 25.4. The summed E-state index contributed by atoms with van der Waals surface area (Å²) < 4.78 is 7.65. The second-order valence-corrected chi connectivity index (χ2v) is 26.7. The highest BCUT2D eigenvalue weighted by atomic mass is 16.3. The number of furan rings is 1. The largest absolute Gasteiger partial charge is 0.468 e. The van der Waals surface area contributed by atoms with Crippen molar-refractivity contribution in [3.8, 4) is 0 Å². The molecule has 0 bridgehead atoms. The van der Waals surface area contributed by atoms with Gasteiger partial charge >= 0.3 is 0 Å². The SMILES string of the molecule is Cc1cc2c3c(c1)N(c1ccc(C(C)(C)C)cc1)c1c(oc4cc5c(cc14)C(C)(C)CCC5(C)C)B3c1ccc3c(c1N2c1cc2c(cc1C)C(C)(C)CCC2(C)C)C(C)(C)CCC3(C)C. The molecule has 0 N–H and O–H groups in total.